The molecule has 1 atom stereocenters. The Kier molecular flexibility index (Phi) is 6.07. The van der Waals surface area contributed by atoms with E-state index in [9.17, 15) is 4.79 Å². The van der Waals surface area contributed by atoms with Gasteiger partial charge in [0.15, 0.2) is 0 Å². The van der Waals surface area contributed by atoms with Crippen molar-refractivity contribution < 1.29 is 9.53 Å². The first-order valence-corrected chi connectivity index (χ1v) is 8.95. The van der Waals surface area contributed by atoms with Gasteiger partial charge in [-0.3, -0.25) is 14.6 Å². The summed E-state index contributed by atoms with van der Waals surface area (Å²) in [6, 6.07) is 8.27. The molecule has 1 amide bonds. The van der Waals surface area contributed by atoms with E-state index in [1.54, 1.807) is 0 Å². The van der Waals surface area contributed by atoms with E-state index in [-0.39, 0.29) is 5.91 Å². The van der Waals surface area contributed by atoms with Crippen molar-refractivity contribution >= 4 is 11.6 Å². The predicted molar refractivity (Wildman–Crippen MR) is 95.5 cm³/mol. The van der Waals surface area contributed by atoms with Gasteiger partial charge in [-0.15, -0.1) is 0 Å². The van der Waals surface area contributed by atoms with Gasteiger partial charge in [-0.25, -0.2) is 0 Å². The lowest BCUT2D eigenvalue weighted by molar-refractivity contribution is -0.117. The number of anilines is 1. The molecule has 0 saturated carbocycles. The molecule has 6 nitrogen and oxygen atoms in total. The van der Waals surface area contributed by atoms with E-state index >= 15 is 0 Å². The van der Waals surface area contributed by atoms with Crippen LogP contribution in [0.2, 0.25) is 0 Å². The number of rotatable bonds is 6. The van der Waals surface area contributed by atoms with Crippen molar-refractivity contribution in [2.24, 2.45) is 0 Å². The Hall–Kier alpha value is -1.63. The summed E-state index contributed by atoms with van der Waals surface area (Å²) in [5.74, 6) is 0.755. The van der Waals surface area contributed by atoms with Crippen LogP contribution in [0.5, 0.6) is 5.75 Å². The minimum Gasteiger partial charge on any atom is -0.492 e. The second-order valence-corrected chi connectivity index (χ2v) is 6.44. The van der Waals surface area contributed by atoms with Gasteiger partial charge in [0.1, 0.15) is 5.75 Å². The standard InChI is InChI=1S/C18H28N4O2/c1-2-24-17-6-4-3-5-16(17)20-18(23)14-21-9-11-22(12-10-21)15-7-8-19-13-15/h3-6,15,19H,2,7-14H2,1H3,(H,20,23). The van der Waals surface area contributed by atoms with Crippen LogP contribution in [0.3, 0.4) is 0 Å². The fourth-order valence-electron chi connectivity index (χ4n) is 3.48. The number of nitrogens with one attached hydrogen (secondary N) is 2. The Morgan fingerprint density at radius 1 is 1.29 bits per heavy atom. The van der Waals surface area contributed by atoms with E-state index < -0.39 is 0 Å². The Labute approximate surface area is 144 Å². The first kappa shape index (κ1) is 17.2. The second kappa shape index (κ2) is 8.46. The fourth-order valence-corrected chi connectivity index (χ4v) is 3.48. The minimum absolute atomic E-state index is 0.0261. The molecule has 1 unspecified atom stereocenters. The summed E-state index contributed by atoms with van der Waals surface area (Å²) < 4.78 is 5.56. The Balaban J connectivity index is 1.46. The Bertz CT molecular complexity index is 538. The second-order valence-electron chi connectivity index (χ2n) is 6.44. The third kappa shape index (κ3) is 4.47. The van der Waals surface area contributed by atoms with Gasteiger partial charge in [-0.05, 0) is 32.0 Å². The highest BCUT2D eigenvalue weighted by molar-refractivity contribution is 5.93. The zero-order valence-corrected chi connectivity index (χ0v) is 14.5. The molecule has 3 rings (SSSR count). The van der Waals surface area contributed by atoms with Crippen molar-refractivity contribution in [1.29, 1.82) is 0 Å². The van der Waals surface area contributed by atoms with Crippen LogP contribution in [0.15, 0.2) is 24.3 Å². The van der Waals surface area contributed by atoms with Crippen molar-refractivity contribution in [3.63, 3.8) is 0 Å². The van der Waals surface area contributed by atoms with E-state index in [2.05, 4.69) is 20.4 Å². The van der Waals surface area contributed by atoms with Crippen LogP contribution in [0.25, 0.3) is 0 Å². The average molecular weight is 332 g/mol. The smallest absolute Gasteiger partial charge is 0.238 e. The number of carbonyl (C=O) groups excluding carboxylic acids is 1. The summed E-state index contributed by atoms with van der Waals surface area (Å²) in [6.07, 6.45) is 1.24. The summed E-state index contributed by atoms with van der Waals surface area (Å²) in [6.45, 7) is 9.22. The SMILES string of the molecule is CCOc1ccccc1NC(=O)CN1CCN(C2CCNC2)CC1. The van der Waals surface area contributed by atoms with Crippen molar-refractivity contribution in [2.75, 3.05) is 57.7 Å². The van der Waals surface area contributed by atoms with E-state index in [4.69, 9.17) is 4.74 Å². The molecule has 24 heavy (non-hydrogen) atoms. The fraction of sp³-hybridized carbons (Fsp3) is 0.611. The molecular weight excluding hydrogens is 304 g/mol. The molecule has 132 valence electrons. The molecule has 0 bridgehead atoms. The third-order valence-corrected chi connectivity index (χ3v) is 4.79. The molecule has 0 spiro atoms. The molecule has 1 aromatic rings. The van der Waals surface area contributed by atoms with Crippen molar-refractivity contribution in [3.8, 4) is 5.75 Å². The van der Waals surface area contributed by atoms with Gasteiger partial charge < -0.3 is 15.4 Å². The third-order valence-electron chi connectivity index (χ3n) is 4.79. The van der Waals surface area contributed by atoms with E-state index in [1.807, 2.05) is 31.2 Å². The average Bonchev–Trinajstić information content (AvgIpc) is 3.12. The zero-order valence-electron chi connectivity index (χ0n) is 14.5. The highest BCUT2D eigenvalue weighted by atomic mass is 16.5. The number of hydrogen-bond donors (Lipinski definition) is 2. The van der Waals surface area contributed by atoms with E-state index in [1.165, 1.54) is 6.42 Å². The van der Waals surface area contributed by atoms with Crippen molar-refractivity contribution in [2.45, 2.75) is 19.4 Å². The number of ether oxygens (including phenoxy) is 1. The summed E-state index contributed by atoms with van der Waals surface area (Å²) in [5, 5.41) is 6.40. The lowest BCUT2D eigenvalue weighted by Crippen LogP contribution is -2.52. The van der Waals surface area contributed by atoms with Gasteiger partial charge in [0, 0.05) is 38.8 Å². The lowest BCUT2D eigenvalue weighted by Gasteiger charge is -2.37. The molecular formula is C18H28N4O2. The molecule has 2 aliphatic rings. The number of benzene rings is 1. The van der Waals surface area contributed by atoms with Crippen LogP contribution in [-0.2, 0) is 4.79 Å². The van der Waals surface area contributed by atoms with Gasteiger partial charge in [0.2, 0.25) is 5.91 Å². The highest BCUT2D eigenvalue weighted by Crippen LogP contribution is 2.23. The van der Waals surface area contributed by atoms with Crippen molar-refractivity contribution in [1.82, 2.24) is 15.1 Å². The number of para-hydroxylation sites is 2. The molecule has 2 aliphatic heterocycles. The maximum Gasteiger partial charge on any atom is 0.238 e. The summed E-state index contributed by atoms with van der Waals surface area (Å²) in [7, 11) is 0. The summed E-state index contributed by atoms with van der Waals surface area (Å²) >= 11 is 0. The zero-order chi connectivity index (χ0) is 16.8. The topological polar surface area (TPSA) is 56.8 Å². The van der Waals surface area contributed by atoms with Crippen LogP contribution in [-0.4, -0.2) is 74.2 Å². The lowest BCUT2D eigenvalue weighted by atomic mass is 10.2. The van der Waals surface area contributed by atoms with Gasteiger partial charge in [-0.1, -0.05) is 12.1 Å². The maximum absolute atomic E-state index is 12.3. The quantitative estimate of drug-likeness (QED) is 0.814. The first-order valence-electron chi connectivity index (χ1n) is 8.95. The largest absolute Gasteiger partial charge is 0.492 e. The monoisotopic (exact) mass is 332 g/mol. The number of hydrogen-bond acceptors (Lipinski definition) is 5. The number of piperazine rings is 1. The normalized spacial score (nSPS) is 22.5. The van der Waals surface area contributed by atoms with Gasteiger partial charge >= 0.3 is 0 Å². The number of carbonyl (C=O) groups is 1. The highest BCUT2D eigenvalue weighted by Gasteiger charge is 2.26. The maximum atomic E-state index is 12.3. The summed E-state index contributed by atoms with van der Waals surface area (Å²) in [4.78, 5) is 17.1. The van der Waals surface area contributed by atoms with E-state index in [0.29, 0.717) is 19.2 Å². The van der Waals surface area contributed by atoms with Crippen LogP contribution in [0.1, 0.15) is 13.3 Å². The molecule has 2 heterocycles. The Morgan fingerprint density at radius 3 is 2.79 bits per heavy atom. The van der Waals surface area contributed by atoms with Crippen LogP contribution < -0.4 is 15.4 Å². The van der Waals surface area contributed by atoms with Gasteiger partial charge in [-0.2, -0.15) is 0 Å². The van der Waals surface area contributed by atoms with Crippen LogP contribution >= 0.6 is 0 Å². The molecule has 0 aromatic heterocycles. The predicted octanol–water partition coefficient (Wildman–Crippen LogP) is 1.00. The number of amides is 1. The molecule has 2 N–H and O–H groups in total. The molecule has 2 saturated heterocycles. The molecule has 2 fully saturated rings. The minimum atomic E-state index is 0.0261. The number of nitrogens with zero attached hydrogens (tertiary/aromatic N) is 2. The first-order chi connectivity index (χ1) is 11.8. The van der Waals surface area contributed by atoms with Gasteiger partial charge in [0.05, 0.1) is 18.8 Å². The van der Waals surface area contributed by atoms with Crippen molar-refractivity contribution in [3.05, 3.63) is 24.3 Å². The molecule has 0 aliphatic carbocycles. The van der Waals surface area contributed by atoms with Crippen LogP contribution in [0, 0.1) is 0 Å². The summed E-state index contributed by atoms with van der Waals surface area (Å²) in [5.41, 5.74) is 0.750. The molecule has 1 aromatic carbocycles. The van der Waals surface area contributed by atoms with Gasteiger partial charge in [0.25, 0.3) is 0 Å². The van der Waals surface area contributed by atoms with Crippen LogP contribution in [0.4, 0.5) is 5.69 Å². The Morgan fingerprint density at radius 2 is 2.08 bits per heavy atom. The molecule has 6 heteroatoms. The van der Waals surface area contributed by atoms with E-state index in [0.717, 1.165) is 50.7 Å². The molecule has 0 radical (unpaired) electrons.